The highest BCUT2D eigenvalue weighted by Crippen LogP contribution is 2.28. The topological polar surface area (TPSA) is 76.7 Å². The second kappa shape index (κ2) is 11.0. The van der Waals surface area contributed by atoms with Crippen LogP contribution in [0.3, 0.4) is 0 Å². The highest BCUT2D eigenvalue weighted by molar-refractivity contribution is 5.85. The van der Waals surface area contributed by atoms with Crippen molar-refractivity contribution in [2.45, 2.75) is 44.3 Å². The van der Waals surface area contributed by atoms with Crippen molar-refractivity contribution in [1.82, 2.24) is 39.7 Å². The fourth-order valence-corrected chi connectivity index (χ4v) is 4.51. The van der Waals surface area contributed by atoms with Gasteiger partial charge in [0.25, 0.3) is 0 Å². The lowest BCUT2D eigenvalue weighted by molar-refractivity contribution is 0.178. The van der Waals surface area contributed by atoms with Gasteiger partial charge in [-0.3, -0.25) is 9.88 Å². The number of hydrogen-bond acceptors (Lipinski definition) is 6. The van der Waals surface area contributed by atoms with Crippen LogP contribution in [0.1, 0.15) is 43.5 Å². The Balaban J connectivity index is 0.00000136. The number of likely N-dealkylation sites (tertiary alicyclic amines) is 1. The second-order valence-corrected chi connectivity index (χ2v) is 8.05. The van der Waals surface area contributed by atoms with E-state index >= 15 is 0 Å². The molecule has 0 unspecified atom stereocenters. The molecule has 0 saturated carbocycles. The van der Waals surface area contributed by atoms with Crippen LogP contribution in [0, 0.1) is 0 Å². The SMILES string of the molecule is Cl.Cl.c1ccc(CN2CCC(n3ccnc3-c3cn(C4CCNCC4)nn3)CC2)nc1. The first kappa shape index (κ1) is 23.7. The smallest absolute Gasteiger partial charge is 0.162 e. The van der Waals surface area contributed by atoms with Gasteiger partial charge in [0, 0.05) is 44.3 Å². The van der Waals surface area contributed by atoms with Crippen LogP contribution in [-0.2, 0) is 6.54 Å². The molecule has 0 spiro atoms. The minimum Gasteiger partial charge on any atom is -0.326 e. The van der Waals surface area contributed by atoms with Gasteiger partial charge in [-0.25, -0.2) is 9.67 Å². The molecule has 8 nitrogen and oxygen atoms in total. The minimum atomic E-state index is 0. The van der Waals surface area contributed by atoms with E-state index in [1.807, 2.05) is 23.1 Å². The minimum absolute atomic E-state index is 0. The highest BCUT2D eigenvalue weighted by Gasteiger charge is 2.24. The Bertz CT molecular complexity index is 914. The van der Waals surface area contributed by atoms with E-state index < -0.39 is 0 Å². The third-order valence-electron chi connectivity index (χ3n) is 6.15. The molecule has 2 saturated heterocycles. The standard InChI is InChI=1S/C21H28N8.2ClH/c1-2-8-23-17(3-1)15-27-12-6-18(7-13-27)28-14-11-24-21(28)20-16-29(26-25-20)19-4-9-22-10-5-19;;/h1-3,8,11,14,16,18-19,22H,4-7,9-10,12-13,15H2;2*1H. The lowest BCUT2D eigenvalue weighted by Gasteiger charge is -2.32. The van der Waals surface area contributed by atoms with Crippen molar-refractivity contribution in [3.05, 3.63) is 48.7 Å². The summed E-state index contributed by atoms with van der Waals surface area (Å²) in [5.41, 5.74) is 2.02. The van der Waals surface area contributed by atoms with Crippen LogP contribution >= 0.6 is 24.8 Å². The molecule has 5 heterocycles. The van der Waals surface area contributed by atoms with E-state index in [-0.39, 0.29) is 24.8 Å². The summed E-state index contributed by atoms with van der Waals surface area (Å²) in [4.78, 5) is 11.6. The van der Waals surface area contributed by atoms with Crippen molar-refractivity contribution in [3.63, 3.8) is 0 Å². The second-order valence-electron chi connectivity index (χ2n) is 8.05. The molecule has 3 aromatic rings. The van der Waals surface area contributed by atoms with Crippen molar-refractivity contribution in [2.75, 3.05) is 26.2 Å². The molecule has 5 rings (SSSR count). The Hall–Kier alpha value is -2.00. The van der Waals surface area contributed by atoms with Crippen LogP contribution in [0.15, 0.2) is 43.0 Å². The molecule has 0 amide bonds. The summed E-state index contributed by atoms with van der Waals surface area (Å²) >= 11 is 0. The average molecular weight is 465 g/mol. The summed E-state index contributed by atoms with van der Waals surface area (Å²) in [7, 11) is 0. The summed E-state index contributed by atoms with van der Waals surface area (Å²) in [6, 6.07) is 7.03. The van der Waals surface area contributed by atoms with Crippen LogP contribution in [0.2, 0.25) is 0 Å². The monoisotopic (exact) mass is 464 g/mol. The van der Waals surface area contributed by atoms with Gasteiger partial charge < -0.3 is 9.88 Å². The van der Waals surface area contributed by atoms with Gasteiger partial charge in [0.05, 0.1) is 17.9 Å². The Kier molecular flexibility index (Phi) is 8.43. The van der Waals surface area contributed by atoms with Crippen LogP contribution in [-0.4, -0.2) is 60.6 Å². The molecule has 0 bridgehead atoms. The largest absolute Gasteiger partial charge is 0.326 e. The first-order valence-corrected chi connectivity index (χ1v) is 10.6. The first-order valence-electron chi connectivity index (χ1n) is 10.6. The van der Waals surface area contributed by atoms with Gasteiger partial charge in [0.15, 0.2) is 5.82 Å². The predicted octanol–water partition coefficient (Wildman–Crippen LogP) is 3.14. The first-order chi connectivity index (χ1) is 14.4. The van der Waals surface area contributed by atoms with Gasteiger partial charge >= 0.3 is 0 Å². The summed E-state index contributed by atoms with van der Waals surface area (Å²) in [5.74, 6) is 0.938. The zero-order chi connectivity index (χ0) is 19.5. The molecule has 0 aliphatic carbocycles. The summed E-state index contributed by atoms with van der Waals surface area (Å²) in [6.45, 7) is 5.16. The van der Waals surface area contributed by atoms with Gasteiger partial charge in [0.2, 0.25) is 0 Å². The van der Waals surface area contributed by atoms with Crippen molar-refractivity contribution < 1.29 is 0 Å². The lowest BCUT2D eigenvalue weighted by atomic mass is 10.0. The number of rotatable bonds is 5. The Morgan fingerprint density at radius 3 is 2.48 bits per heavy atom. The number of nitrogens with zero attached hydrogens (tertiary/aromatic N) is 7. The van der Waals surface area contributed by atoms with E-state index in [2.05, 4.69) is 59.6 Å². The maximum absolute atomic E-state index is 4.62. The molecule has 2 aliphatic heterocycles. The van der Waals surface area contributed by atoms with Gasteiger partial charge in [-0.2, -0.15) is 0 Å². The molecule has 1 N–H and O–H groups in total. The molecular weight excluding hydrogens is 435 g/mol. The Labute approximate surface area is 195 Å². The lowest BCUT2D eigenvalue weighted by Crippen LogP contribution is -2.34. The molecular formula is C21H30Cl2N8. The van der Waals surface area contributed by atoms with Crippen LogP contribution in [0.25, 0.3) is 11.5 Å². The molecule has 0 radical (unpaired) electrons. The third kappa shape index (κ3) is 5.44. The number of imidazole rings is 1. The van der Waals surface area contributed by atoms with E-state index in [1.54, 1.807) is 0 Å². The highest BCUT2D eigenvalue weighted by atomic mass is 35.5. The number of halogens is 2. The molecule has 31 heavy (non-hydrogen) atoms. The molecule has 2 fully saturated rings. The molecule has 168 valence electrons. The fraction of sp³-hybridized carbons (Fsp3) is 0.524. The number of pyridine rings is 1. The van der Waals surface area contributed by atoms with Crippen molar-refractivity contribution in [3.8, 4) is 11.5 Å². The van der Waals surface area contributed by atoms with Crippen molar-refractivity contribution >= 4 is 24.8 Å². The molecule has 0 atom stereocenters. The quantitative estimate of drug-likeness (QED) is 0.624. The number of hydrogen-bond donors (Lipinski definition) is 1. The maximum Gasteiger partial charge on any atom is 0.162 e. The summed E-state index contributed by atoms with van der Waals surface area (Å²) in [5, 5.41) is 12.3. The Morgan fingerprint density at radius 2 is 1.74 bits per heavy atom. The molecule has 2 aliphatic rings. The molecule has 3 aromatic heterocycles. The number of aromatic nitrogens is 6. The fourth-order valence-electron chi connectivity index (χ4n) is 4.51. The third-order valence-corrected chi connectivity index (χ3v) is 6.15. The van der Waals surface area contributed by atoms with E-state index in [0.29, 0.717) is 12.1 Å². The zero-order valence-electron chi connectivity index (χ0n) is 17.5. The van der Waals surface area contributed by atoms with Gasteiger partial charge in [-0.05, 0) is 50.9 Å². The van der Waals surface area contributed by atoms with Gasteiger partial charge in [-0.15, -0.1) is 29.9 Å². The summed E-state index contributed by atoms with van der Waals surface area (Å²) in [6.07, 6.45) is 12.4. The zero-order valence-corrected chi connectivity index (χ0v) is 19.1. The van der Waals surface area contributed by atoms with Crippen LogP contribution in [0.5, 0.6) is 0 Å². The van der Waals surface area contributed by atoms with Crippen molar-refractivity contribution in [1.29, 1.82) is 0 Å². The number of nitrogens with one attached hydrogen (secondary N) is 1. The average Bonchev–Trinajstić information content (AvgIpc) is 3.45. The normalized spacial score (nSPS) is 18.3. The van der Waals surface area contributed by atoms with E-state index in [1.165, 1.54) is 0 Å². The molecule has 0 aromatic carbocycles. The Morgan fingerprint density at radius 1 is 0.935 bits per heavy atom. The predicted molar refractivity (Wildman–Crippen MR) is 125 cm³/mol. The maximum atomic E-state index is 4.62. The molecule has 10 heteroatoms. The van der Waals surface area contributed by atoms with Gasteiger partial charge in [-0.1, -0.05) is 11.3 Å². The summed E-state index contributed by atoms with van der Waals surface area (Å²) < 4.78 is 4.33. The van der Waals surface area contributed by atoms with Gasteiger partial charge in [0.1, 0.15) is 5.69 Å². The number of piperidine rings is 2. The van der Waals surface area contributed by atoms with Crippen LogP contribution in [0.4, 0.5) is 0 Å². The van der Waals surface area contributed by atoms with Crippen molar-refractivity contribution in [2.24, 2.45) is 0 Å². The van der Waals surface area contributed by atoms with E-state index in [9.17, 15) is 0 Å². The van der Waals surface area contributed by atoms with E-state index in [0.717, 1.165) is 75.6 Å². The van der Waals surface area contributed by atoms with Crippen LogP contribution < -0.4 is 5.32 Å². The van der Waals surface area contributed by atoms with E-state index in [4.69, 9.17) is 0 Å².